The third-order valence-electron chi connectivity index (χ3n) is 6.62. The fraction of sp³-hybridized carbons (Fsp3) is 0.360. The Morgan fingerprint density at radius 2 is 1.89 bits per heavy atom. The zero-order valence-electron chi connectivity index (χ0n) is 19.9. The Bertz CT molecular complexity index is 1330. The Labute approximate surface area is 202 Å². The van der Waals surface area contributed by atoms with Gasteiger partial charge in [0, 0.05) is 32.4 Å². The van der Waals surface area contributed by atoms with E-state index in [9.17, 15) is 9.59 Å². The molecule has 2 N–H and O–H groups in total. The van der Waals surface area contributed by atoms with Gasteiger partial charge in [-0.05, 0) is 44.3 Å². The first kappa shape index (κ1) is 23.0. The third kappa shape index (κ3) is 4.14. The second-order valence-electron chi connectivity index (χ2n) is 8.97. The minimum absolute atomic E-state index is 0.0787. The maximum atomic E-state index is 15.4. The molecule has 1 fully saturated rings. The first-order chi connectivity index (χ1) is 16.9. The standard InChI is InChI=1S/C25H28FN5O4/c1-15-14-35-24-21-18(12-20(26)22(24)30-10-8-29(2)9-11-30)23(32)19(13-31(15)21)25(33)28-27-16-4-6-17(34-3)7-5-16/h4-7,12-13,15,27H,8-11,14H2,1-3H3,(H,28,33). The number of benzene rings is 2. The Morgan fingerprint density at radius 1 is 1.17 bits per heavy atom. The van der Waals surface area contributed by atoms with Gasteiger partial charge in [-0.1, -0.05) is 0 Å². The van der Waals surface area contributed by atoms with Crippen LogP contribution in [0.25, 0.3) is 10.9 Å². The summed E-state index contributed by atoms with van der Waals surface area (Å²) in [7, 11) is 3.60. The molecule has 1 amide bonds. The first-order valence-electron chi connectivity index (χ1n) is 11.6. The Kier molecular flexibility index (Phi) is 5.98. The van der Waals surface area contributed by atoms with Crippen LogP contribution in [0, 0.1) is 5.82 Å². The number of likely N-dealkylation sites (N-methyl/N-ethyl adjacent to an activating group) is 1. The molecule has 0 bridgehead atoms. The SMILES string of the molecule is COc1ccc(NNC(=O)c2cn3c4c(c(N5CCN(C)CC5)c(F)cc4c2=O)OCC3C)cc1. The Morgan fingerprint density at radius 3 is 2.57 bits per heavy atom. The summed E-state index contributed by atoms with van der Waals surface area (Å²) < 4.78 is 28.4. The van der Waals surface area contributed by atoms with Gasteiger partial charge in [0.1, 0.15) is 23.6 Å². The summed E-state index contributed by atoms with van der Waals surface area (Å²) in [6.45, 7) is 5.17. The van der Waals surface area contributed by atoms with Gasteiger partial charge in [0.25, 0.3) is 5.91 Å². The number of anilines is 2. The molecule has 1 unspecified atom stereocenters. The molecular weight excluding hydrogens is 453 g/mol. The van der Waals surface area contributed by atoms with Gasteiger partial charge in [0.15, 0.2) is 11.6 Å². The number of amides is 1. The van der Waals surface area contributed by atoms with Crippen LogP contribution in [0.4, 0.5) is 15.8 Å². The lowest BCUT2D eigenvalue weighted by molar-refractivity contribution is 0.0960. The highest BCUT2D eigenvalue weighted by Crippen LogP contribution is 2.42. The van der Waals surface area contributed by atoms with Crippen molar-refractivity contribution in [3.63, 3.8) is 0 Å². The highest BCUT2D eigenvalue weighted by Gasteiger charge is 2.31. The van der Waals surface area contributed by atoms with Crippen LogP contribution >= 0.6 is 0 Å². The number of aromatic nitrogens is 1. The highest BCUT2D eigenvalue weighted by molar-refractivity contribution is 6.00. The van der Waals surface area contributed by atoms with Crippen LogP contribution in [-0.2, 0) is 0 Å². The number of nitrogens with zero attached hydrogens (tertiary/aromatic N) is 3. The van der Waals surface area contributed by atoms with Gasteiger partial charge in [-0.3, -0.25) is 20.4 Å². The van der Waals surface area contributed by atoms with Gasteiger partial charge >= 0.3 is 0 Å². The first-order valence-corrected chi connectivity index (χ1v) is 11.6. The second kappa shape index (κ2) is 9.10. The topological polar surface area (TPSA) is 88.1 Å². The number of rotatable bonds is 5. The van der Waals surface area contributed by atoms with Crippen LogP contribution in [0.5, 0.6) is 11.5 Å². The van der Waals surface area contributed by atoms with E-state index in [0.717, 1.165) is 13.1 Å². The van der Waals surface area contributed by atoms with Crippen LogP contribution in [-0.4, -0.2) is 62.3 Å². The fourth-order valence-corrected chi connectivity index (χ4v) is 4.57. The number of piperazine rings is 1. The molecule has 2 aliphatic heterocycles. The maximum absolute atomic E-state index is 15.4. The quantitative estimate of drug-likeness (QED) is 0.542. The molecule has 2 aliphatic rings. The van der Waals surface area contributed by atoms with Gasteiger partial charge in [-0.2, -0.15) is 0 Å². The lowest BCUT2D eigenvalue weighted by atomic mass is 10.0. The van der Waals surface area contributed by atoms with Crippen LogP contribution in [0.1, 0.15) is 23.3 Å². The summed E-state index contributed by atoms with van der Waals surface area (Å²) in [5, 5.41) is 0.124. The van der Waals surface area contributed by atoms with Crippen LogP contribution < -0.4 is 30.7 Å². The van der Waals surface area contributed by atoms with Gasteiger partial charge in [-0.25, -0.2) is 4.39 Å². The number of hydrazine groups is 1. The number of carbonyl (C=O) groups is 1. The van der Waals surface area contributed by atoms with Gasteiger partial charge in [0.05, 0.1) is 29.7 Å². The van der Waals surface area contributed by atoms with Crippen LogP contribution in [0.2, 0.25) is 0 Å². The summed E-state index contributed by atoms with van der Waals surface area (Å²) in [6, 6.07) is 8.05. The minimum Gasteiger partial charge on any atom is -0.497 e. The molecule has 3 aromatic rings. The summed E-state index contributed by atoms with van der Waals surface area (Å²) in [4.78, 5) is 30.5. The van der Waals surface area contributed by atoms with Gasteiger partial charge in [0.2, 0.25) is 5.43 Å². The molecule has 10 heteroatoms. The molecule has 0 aliphatic carbocycles. The lowest BCUT2D eigenvalue weighted by Gasteiger charge is -2.37. The van der Waals surface area contributed by atoms with Gasteiger partial charge < -0.3 is 23.8 Å². The van der Waals surface area contributed by atoms with Crippen molar-refractivity contribution >= 4 is 28.2 Å². The van der Waals surface area contributed by atoms with E-state index >= 15 is 4.39 Å². The zero-order chi connectivity index (χ0) is 24.7. The number of ether oxygens (including phenoxy) is 2. The van der Waals surface area contributed by atoms with E-state index in [0.29, 0.717) is 48.1 Å². The van der Waals surface area contributed by atoms with Crippen molar-refractivity contribution in [2.75, 3.05) is 57.3 Å². The zero-order valence-corrected chi connectivity index (χ0v) is 19.9. The molecule has 1 atom stereocenters. The van der Waals surface area contributed by atoms with Crippen molar-refractivity contribution in [3.05, 3.63) is 58.1 Å². The Hall–Kier alpha value is -3.79. The number of hydrogen-bond donors (Lipinski definition) is 2. The smallest absolute Gasteiger partial charge is 0.275 e. The average molecular weight is 482 g/mol. The van der Waals surface area contributed by atoms with Crippen molar-refractivity contribution < 1.29 is 18.7 Å². The molecule has 5 rings (SSSR count). The molecular formula is C25H28FN5O4. The summed E-state index contributed by atoms with van der Waals surface area (Å²) >= 11 is 0. The molecule has 9 nitrogen and oxygen atoms in total. The van der Waals surface area contributed by atoms with Crippen molar-refractivity contribution in [3.8, 4) is 11.5 Å². The van der Waals surface area contributed by atoms with Crippen molar-refractivity contribution in [1.82, 2.24) is 14.9 Å². The largest absolute Gasteiger partial charge is 0.497 e. The monoisotopic (exact) mass is 481 g/mol. The minimum atomic E-state index is -0.611. The predicted molar refractivity (Wildman–Crippen MR) is 132 cm³/mol. The molecule has 1 aromatic heterocycles. The number of methoxy groups -OCH3 is 1. The molecule has 0 radical (unpaired) electrons. The van der Waals surface area contributed by atoms with E-state index in [4.69, 9.17) is 9.47 Å². The Balaban J connectivity index is 1.52. The van der Waals surface area contributed by atoms with Crippen molar-refractivity contribution in [2.45, 2.75) is 13.0 Å². The lowest BCUT2D eigenvalue weighted by Crippen LogP contribution is -2.45. The van der Waals surface area contributed by atoms with E-state index in [2.05, 4.69) is 15.8 Å². The summed E-state index contributed by atoms with van der Waals surface area (Å²) in [5.74, 6) is -0.0915. The molecule has 3 heterocycles. The number of nitrogens with one attached hydrogen (secondary N) is 2. The average Bonchev–Trinajstić information content (AvgIpc) is 2.87. The molecule has 0 saturated carbocycles. The predicted octanol–water partition coefficient (Wildman–Crippen LogP) is 2.61. The van der Waals surface area contributed by atoms with Crippen molar-refractivity contribution in [1.29, 1.82) is 0 Å². The summed E-state index contributed by atoms with van der Waals surface area (Å²) in [5.41, 5.74) is 6.24. The molecule has 2 aromatic carbocycles. The fourth-order valence-electron chi connectivity index (χ4n) is 4.57. The highest BCUT2D eigenvalue weighted by atomic mass is 19.1. The normalized spacial score (nSPS) is 17.7. The second-order valence-corrected chi connectivity index (χ2v) is 8.97. The molecule has 35 heavy (non-hydrogen) atoms. The van der Waals surface area contributed by atoms with Crippen LogP contribution in [0.15, 0.2) is 41.3 Å². The summed E-state index contributed by atoms with van der Waals surface area (Å²) in [6.07, 6.45) is 1.54. The maximum Gasteiger partial charge on any atom is 0.275 e. The number of pyridine rings is 1. The molecule has 1 saturated heterocycles. The van der Waals surface area contributed by atoms with Crippen LogP contribution in [0.3, 0.4) is 0 Å². The molecule has 0 spiro atoms. The number of carbonyl (C=O) groups excluding carboxylic acids is 1. The number of halogens is 1. The van der Waals surface area contributed by atoms with E-state index in [-0.39, 0.29) is 17.0 Å². The van der Waals surface area contributed by atoms with Crippen molar-refractivity contribution in [2.24, 2.45) is 0 Å². The van der Waals surface area contributed by atoms with E-state index < -0.39 is 17.2 Å². The third-order valence-corrected chi connectivity index (χ3v) is 6.62. The van der Waals surface area contributed by atoms with E-state index in [1.54, 1.807) is 31.4 Å². The molecule has 184 valence electrons. The van der Waals surface area contributed by atoms with Gasteiger partial charge in [-0.15, -0.1) is 0 Å². The van der Waals surface area contributed by atoms with E-state index in [1.165, 1.54) is 12.3 Å². The number of hydrogen-bond acceptors (Lipinski definition) is 7. The van der Waals surface area contributed by atoms with E-state index in [1.807, 2.05) is 23.4 Å².